The van der Waals surface area contributed by atoms with Crippen LogP contribution >= 0.6 is 0 Å². The maximum absolute atomic E-state index is 12.1. The van der Waals surface area contributed by atoms with Gasteiger partial charge in [-0.3, -0.25) is 9.78 Å². The molecule has 1 amide bonds. The van der Waals surface area contributed by atoms with E-state index in [-0.39, 0.29) is 5.91 Å². The third-order valence-electron chi connectivity index (χ3n) is 5.04. The second-order valence-corrected chi connectivity index (χ2v) is 9.39. The maximum atomic E-state index is 12.1. The van der Waals surface area contributed by atoms with Crippen molar-refractivity contribution in [3.63, 3.8) is 0 Å². The molecule has 1 N–H and O–H groups in total. The van der Waals surface area contributed by atoms with Gasteiger partial charge in [0.1, 0.15) is 12.4 Å². The number of hydrogen-bond donors (Lipinski definition) is 1. The molecule has 1 aliphatic heterocycles. The van der Waals surface area contributed by atoms with Crippen LogP contribution in [0.5, 0.6) is 5.75 Å². The molecule has 1 saturated heterocycles. The summed E-state index contributed by atoms with van der Waals surface area (Å²) in [5, 5.41) is 2.90. The molecule has 30 heavy (non-hydrogen) atoms. The predicted molar refractivity (Wildman–Crippen MR) is 116 cm³/mol. The highest BCUT2D eigenvalue weighted by molar-refractivity contribution is 7.88. The van der Waals surface area contributed by atoms with E-state index in [0.29, 0.717) is 32.2 Å². The Morgan fingerprint density at radius 3 is 2.60 bits per heavy atom. The third kappa shape index (κ3) is 6.96. The minimum absolute atomic E-state index is 0.155. The number of hydrogen-bond acceptors (Lipinski definition) is 5. The molecule has 0 spiro atoms. The average Bonchev–Trinajstić information content (AvgIpc) is 2.76. The first kappa shape index (κ1) is 22.0. The minimum atomic E-state index is -3.12. The van der Waals surface area contributed by atoms with E-state index in [4.69, 9.17) is 4.74 Å². The average molecular weight is 430 g/mol. The van der Waals surface area contributed by atoms with Crippen LogP contribution in [0.2, 0.25) is 0 Å². The van der Waals surface area contributed by atoms with Crippen LogP contribution in [0.3, 0.4) is 0 Å². The van der Waals surface area contributed by atoms with Gasteiger partial charge >= 0.3 is 0 Å². The summed E-state index contributed by atoms with van der Waals surface area (Å²) in [7, 11) is -3.12. The molecule has 8 heteroatoms. The van der Waals surface area contributed by atoms with Crippen molar-refractivity contribution in [3.8, 4) is 5.75 Å². The Bertz CT molecular complexity index is 952. The molecule has 160 valence electrons. The molecule has 1 fully saturated rings. The standard InChI is InChI=1S/C22H27N3O4S/c1-30(27,28)25-13-10-19(11-14-25)16-24-22(26)9-6-18-4-7-21(8-5-18)29-17-20-3-2-12-23-15-20/h2-9,12,15,19H,10-11,13-14,16-17H2,1H3,(H,24,26)/b9-6+. The van der Waals surface area contributed by atoms with Gasteiger partial charge in [-0.05, 0) is 48.6 Å². The summed E-state index contributed by atoms with van der Waals surface area (Å²) >= 11 is 0. The zero-order valence-electron chi connectivity index (χ0n) is 17.0. The van der Waals surface area contributed by atoms with Crippen LogP contribution < -0.4 is 10.1 Å². The van der Waals surface area contributed by atoms with Crippen LogP contribution in [0.1, 0.15) is 24.0 Å². The number of carbonyl (C=O) groups excluding carboxylic acids is 1. The molecule has 0 bridgehead atoms. The van der Waals surface area contributed by atoms with Gasteiger partial charge in [-0.25, -0.2) is 12.7 Å². The fourth-order valence-corrected chi connectivity index (χ4v) is 4.12. The first-order chi connectivity index (χ1) is 14.4. The van der Waals surface area contributed by atoms with Crippen molar-refractivity contribution in [2.24, 2.45) is 5.92 Å². The Kier molecular flexibility index (Phi) is 7.59. The van der Waals surface area contributed by atoms with E-state index in [1.807, 2.05) is 36.4 Å². The largest absolute Gasteiger partial charge is 0.489 e. The predicted octanol–water partition coefficient (Wildman–Crippen LogP) is 2.46. The molecular formula is C22H27N3O4S. The first-order valence-corrected chi connectivity index (χ1v) is 11.8. The van der Waals surface area contributed by atoms with Crippen molar-refractivity contribution in [3.05, 3.63) is 66.0 Å². The van der Waals surface area contributed by atoms with Crippen LogP contribution in [0.15, 0.2) is 54.9 Å². The molecule has 0 saturated carbocycles. The Hall–Kier alpha value is -2.71. The lowest BCUT2D eigenvalue weighted by Crippen LogP contribution is -2.40. The van der Waals surface area contributed by atoms with Gasteiger partial charge in [-0.1, -0.05) is 18.2 Å². The van der Waals surface area contributed by atoms with Gasteiger partial charge in [0.25, 0.3) is 0 Å². The normalized spacial score (nSPS) is 15.9. The van der Waals surface area contributed by atoms with E-state index in [0.717, 1.165) is 29.7 Å². The number of nitrogens with one attached hydrogen (secondary N) is 1. The Morgan fingerprint density at radius 1 is 1.23 bits per heavy atom. The number of nitrogens with zero attached hydrogens (tertiary/aromatic N) is 2. The summed E-state index contributed by atoms with van der Waals surface area (Å²) in [5.41, 5.74) is 1.90. The Morgan fingerprint density at radius 2 is 1.97 bits per heavy atom. The van der Waals surface area contributed by atoms with Crippen molar-refractivity contribution in [1.29, 1.82) is 0 Å². The number of ether oxygens (including phenoxy) is 1. The molecule has 1 aromatic heterocycles. The second kappa shape index (κ2) is 10.4. The van der Waals surface area contributed by atoms with Crippen LogP contribution in [-0.4, -0.2) is 49.5 Å². The SMILES string of the molecule is CS(=O)(=O)N1CCC(CNC(=O)/C=C/c2ccc(OCc3cccnc3)cc2)CC1. The number of piperidine rings is 1. The van der Waals surface area contributed by atoms with E-state index < -0.39 is 10.0 Å². The monoisotopic (exact) mass is 429 g/mol. The summed E-state index contributed by atoms with van der Waals surface area (Å²) < 4.78 is 30.3. The van der Waals surface area contributed by atoms with Crippen molar-refractivity contribution >= 4 is 22.0 Å². The first-order valence-electron chi connectivity index (χ1n) is 9.93. The number of rotatable bonds is 8. The summed E-state index contributed by atoms with van der Waals surface area (Å²) in [6, 6.07) is 11.3. The fraction of sp³-hybridized carbons (Fsp3) is 0.364. The molecule has 0 atom stereocenters. The van der Waals surface area contributed by atoms with E-state index in [2.05, 4.69) is 10.3 Å². The van der Waals surface area contributed by atoms with Gasteiger partial charge in [-0.15, -0.1) is 0 Å². The molecule has 2 heterocycles. The van der Waals surface area contributed by atoms with E-state index >= 15 is 0 Å². The molecule has 1 aromatic carbocycles. The number of carbonyl (C=O) groups is 1. The topological polar surface area (TPSA) is 88.6 Å². The Balaban J connectivity index is 1.39. The third-order valence-corrected chi connectivity index (χ3v) is 6.35. The Labute approximate surface area is 177 Å². The molecule has 2 aromatic rings. The van der Waals surface area contributed by atoms with E-state index in [9.17, 15) is 13.2 Å². The van der Waals surface area contributed by atoms with Crippen LogP contribution in [0.25, 0.3) is 6.08 Å². The minimum Gasteiger partial charge on any atom is -0.489 e. The zero-order chi connectivity index (χ0) is 21.4. The van der Waals surface area contributed by atoms with Gasteiger partial charge in [0.05, 0.1) is 6.26 Å². The van der Waals surface area contributed by atoms with E-state index in [1.165, 1.54) is 16.6 Å². The van der Waals surface area contributed by atoms with Crippen LogP contribution in [0, 0.1) is 5.92 Å². The second-order valence-electron chi connectivity index (χ2n) is 7.40. The van der Waals surface area contributed by atoms with Crippen molar-refractivity contribution in [2.45, 2.75) is 19.4 Å². The maximum Gasteiger partial charge on any atom is 0.244 e. The summed E-state index contributed by atoms with van der Waals surface area (Å²) in [4.78, 5) is 16.1. The van der Waals surface area contributed by atoms with E-state index in [1.54, 1.807) is 18.5 Å². The lowest BCUT2D eigenvalue weighted by Gasteiger charge is -2.30. The number of pyridine rings is 1. The van der Waals surface area contributed by atoms with Gasteiger partial charge in [0, 0.05) is 43.7 Å². The lowest BCUT2D eigenvalue weighted by molar-refractivity contribution is -0.116. The molecular weight excluding hydrogens is 402 g/mol. The van der Waals surface area contributed by atoms with Gasteiger partial charge < -0.3 is 10.1 Å². The number of sulfonamides is 1. The quantitative estimate of drug-likeness (QED) is 0.651. The molecule has 7 nitrogen and oxygen atoms in total. The van der Waals surface area contributed by atoms with Crippen LogP contribution in [0.4, 0.5) is 0 Å². The summed E-state index contributed by atoms with van der Waals surface area (Å²) in [6.07, 6.45) is 9.52. The van der Waals surface area contributed by atoms with Crippen molar-refractivity contribution in [2.75, 3.05) is 25.9 Å². The highest BCUT2D eigenvalue weighted by Crippen LogP contribution is 2.18. The summed E-state index contributed by atoms with van der Waals surface area (Å²) in [6.45, 7) is 2.05. The highest BCUT2D eigenvalue weighted by atomic mass is 32.2. The molecule has 0 radical (unpaired) electrons. The smallest absolute Gasteiger partial charge is 0.244 e. The van der Waals surface area contributed by atoms with Crippen molar-refractivity contribution < 1.29 is 17.9 Å². The number of benzene rings is 1. The molecule has 0 aliphatic carbocycles. The number of aromatic nitrogens is 1. The number of amides is 1. The molecule has 0 unspecified atom stereocenters. The van der Waals surface area contributed by atoms with Crippen LogP contribution in [-0.2, 0) is 21.4 Å². The molecule has 1 aliphatic rings. The summed E-state index contributed by atoms with van der Waals surface area (Å²) in [5.74, 6) is 0.898. The zero-order valence-corrected chi connectivity index (χ0v) is 17.8. The van der Waals surface area contributed by atoms with Gasteiger partial charge in [0.15, 0.2) is 0 Å². The van der Waals surface area contributed by atoms with Gasteiger partial charge in [0.2, 0.25) is 15.9 Å². The highest BCUT2D eigenvalue weighted by Gasteiger charge is 2.24. The van der Waals surface area contributed by atoms with Gasteiger partial charge in [-0.2, -0.15) is 0 Å². The van der Waals surface area contributed by atoms with Crippen molar-refractivity contribution in [1.82, 2.24) is 14.6 Å². The fourth-order valence-electron chi connectivity index (χ4n) is 3.25. The lowest BCUT2D eigenvalue weighted by atomic mass is 9.98. The molecule has 3 rings (SSSR count).